The third kappa shape index (κ3) is 7.79. The van der Waals surface area contributed by atoms with Crippen LogP contribution in [0.3, 0.4) is 0 Å². The van der Waals surface area contributed by atoms with Crippen LogP contribution in [0.15, 0.2) is 36.5 Å². The van der Waals surface area contributed by atoms with E-state index in [4.69, 9.17) is 14.2 Å². The molecule has 1 aromatic heterocycles. The van der Waals surface area contributed by atoms with Crippen LogP contribution in [0, 0.1) is 12.8 Å². The highest BCUT2D eigenvalue weighted by Gasteiger charge is 2.23. The lowest BCUT2D eigenvalue weighted by Crippen LogP contribution is -2.37. The molecular formula is C28H38N2O5. The quantitative estimate of drug-likeness (QED) is 0.365. The van der Waals surface area contributed by atoms with E-state index in [0.717, 1.165) is 61.2 Å². The molecule has 3 rings (SSSR count). The summed E-state index contributed by atoms with van der Waals surface area (Å²) in [4.78, 5) is 30.7. The zero-order chi connectivity index (χ0) is 25.4. The highest BCUT2D eigenvalue weighted by Crippen LogP contribution is 2.32. The van der Waals surface area contributed by atoms with Crippen molar-refractivity contribution in [3.05, 3.63) is 47.8 Å². The van der Waals surface area contributed by atoms with Crippen molar-refractivity contribution in [1.29, 1.82) is 0 Å². The number of ether oxygens (including phenoxy) is 3. The van der Waals surface area contributed by atoms with Crippen molar-refractivity contribution in [3.63, 3.8) is 0 Å². The molecule has 1 aromatic carbocycles. The Morgan fingerprint density at radius 2 is 1.80 bits per heavy atom. The van der Waals surface area contributed by atoms with Gasteiger partial charge in [-0.1, -0.05) is 18.2 Å². The average molecular weight is 483 g/mol. The molecule has 0 aliphatic carbocycles. The van der Waals surface area contributed by atoms with E-state index >= 15 is 0 Å². The fourth-order valence-corrected chi connectivity index (χ4v) is 4.41. The first-order chi connectivity index (χ1) is 16.7. The number of esters is 2. The molecule has 0 saturated carbocycles. The van der Waals surface area contributed by atoms with Crippen LogP contribution < -0.4 is 4.74 Å². The number of methoxy groups -OCH3 is 1. The number of benzene rings is 1. The summed E-state index contributed by atoms with van der Waals surface area (Å²) in [5.74, 6) is 0.872. The van der Waals surface area contributed by atoms with Gasteiger partial charge in [0.1, 0.15) is 11.4 Å². The minimum absolute atomic E-state index is 0.168. The van der Waals surface area contributed by atoms with Crippen molar-refractivity contribution < 1.29 is 23.8 Å². The standard InChI is InChI=1S/C28H38N2O5/c1-20-22(23-11-7-15-29-26(23)27(32)35-28(2,3)4)10-6-12-24(20)34-18-8-9-21-13-16-30(17-14-21)19-25(31)33-5/h6-7,10-12,15,21H,8-9,13-14,16-19H2,1-5H3. The minimum atomic E-state index is -0.593. The summed E-state index contributed by atoms with van der Waals surface area (Å²) in [5.41, 5.74) is 2.34. The van der Waals surface area contributed by atoms with Crippen LogP contribution in [0.5, 0.6) is 5.75 Å². The molecule has 1 aliphatic rings. The molecule has 190 valence electrons. The zero-order valence-electron chi connectivity index (χ0n) is 21.6. The van der Waals surface area contributed by atoms with Crippen LogP contribution in [-0.2, 0) is 14.3 Å². The lowest BCUT2D eigenvalue weighted by molar-refractivity contribution is -0.142. The van der Waals surface area contributed by atoms with Crippen LogP contribution >= 0.6 is 0 Å². The molecule has 0 unspecified atom stereocenters. The summed E-state index contributed by atoms with van der Waals surface area (Å²) in [6.45, 7) is 10.4. The van der Waals surface area contributed by atoms with Crippen LogP contribution in [0.4, 0.5) is 0 Å². The number of rotatable bonds is 9. The Kier molecular flexibility index (Phi) is 9.26. The average Bonchev–Trinajstić information content (AvgIpc) is 2.82. The zero-order valence-corrected chi connectivity index (χ0v) is 21.6. The molecule has 1 aliphatic heterocycles. The first-order valence-corrected chi connectivity index (χ1v) is 12.4. The molecule has 0 radical (unpaired) electrons. The van der Waals surface area contributed by atoms with E-state index in [9.17, 15) is 9.59 Å². The second-order valence-electron chi connectivity index (χ2n) is 10.1. The first-order valence-electron chi connectivity index (χ1n) is 12.4. The first kappa shape index (κ1) is 26.7. The van der Waals surface area contributed by atoms with Gasteiger partial charge in [0.15, 0.2) is 5.69 Å². The monoisotopic (exact) mass is 482 g/mol. The molecule has 0 amide bonds. The number of carbonyl (C=O) groups excluding carboxylic acids is 2. The lowest BCUT2D eigenvalue weighted by Gasteiger charge is -2.31. The molecule has 35 heavy (non-hydrogen) atoms. The van der Waals surface area contributed by atoms with Crippen LogP contribution in [-0.4, -0.2) is 60.8 Å². The van der Waals surface area contributed by atoms with E-state index in [1.54, 1.807) is 6.20 Å². The van der Waals surface area contributed by atoms with Crippen molar-refractivity contribution >= 4 is 11.9 Å². The number of pyridine rings is 1. The largest absolute Gasteiger partial charge is 0.493 e. The Hall–Kier alpha value is -2.93. The molecular weight excluding hydrogens is 444 g/mol. The van der Waals surface area contributed by atoms with Gasteiger partial charge in [0.2, 0.25) is 0 Å². The van der Waals surface area contributed by atoms with E-state index in [1.165, 1.54) is 7.11 Å². The van der Waals surface area contributed by atoms with Gasteiger partial charge in [-0.25, -0.2) is 9.78 Å². The Morgan fingerprint density at radius 1 is 1.09 bits per heavy atom. The van der Waals surface area contributed by atoms with Gasteiger partial charge in [-0.15, -0.1) is 0 Å². The van der Waals surface area contributed by atoms with Gasteiger partial charge in [-0.3, -0.25) is 9.69 Å². The topological polar surface area (TPSA) is 78.0 Å². The summed E-state index contributed by atoms with van der Waals surface area (Å²) in [6, 6.07) is 9.61. The predicted octanol–water partition coefficient (Wildman–Crippen LogP) is 5.06. The second-order valence-corrected chi connectivity index (χ2v) is 10.1. The maximum absolute atomic E-state index is 12.8. The van der Waals surface area contributed by atoms with Gasteiger partial charge >= 0.3 is 11.9 Å². The van der Waals surface area contributed by atoms with Crippen molar-refractivity contribution in [2.45, 2.75) is 59.0 Å². The number of likely N-dealkylation sites (tertiary alicyclic amines) is 1. The number of nitrogens with zero attached hydrogens (tertiary/aromatic N) is 2. The Labute approximate surface area is 208 Å². The Balaban J connectivity index is 1.57. The highest BCUT2D eigenvalue weighted by atomic mass is 16.6. The van der Waals surface area contributed by atoms with Crippen molar-refractivity contribution in [3.8, 4) is 16.9 Å². The van der Waals surface area contributed by atoms with Gasteiger partial charge in [-0.05, 0) is 95.6 Å². The van der Waals surface area contributed by atoms with Gasteiger partial charge in [0.25, 0.3) is 0 Å². The van der Waals surface area contributed by atoms with Crippen molar-refractivity contribution in [1.82, 2.24) is 9.88 Å². The van der Waals surface area contributed by atoms with Gasteiger partial charge in [-0.2, -0.15) is 0 Å². The van der Waals surface area contributed by atoms with Gasteiger partial charge in [0.05, 0.1) is 20.3 Å². The SMILES string of the molecule is COC(=O)CN1CCC(CCCOc2cccc(-c3cccnc3C(=O)OC(C)(C)C)c2C)CC1. The number of aromatic nitrogens is 1. The fourth-order valence-electron chi connectivity index (χ4n) is 4.41. The van der Waals surface area contributed by atoms with E-state index in [1.807, 2.05) is 58.0 Å². The summed E-state index contributed by atoms with van der Waals surface area (Å²) < 4.78 is 16.5. The Bertz CT molecular complexity index is 1010. The molecule has 2 aromatic rings. The maximum Gasteiger partial charge on any atom is 0.358 e. The molecule has 1 saturated heterocycles. The van der Waals surface area contributed by atoms with Crippen molar-refractivity contribution in [2.24, 2.45) is 5.92 Å². The number of carbonyl (C=O) groups is 2. The number of hydrogen-bond acceptors (Lipinski definition) is 7. The maximum atomic E-state index is 12.8. The van der Waals surface area contributed by atoms with E-state index in [2.05, 4.69) is 9.88 Å². The van der Waals surface area contributed by atoms with Crippen molar-refractivity contribution in [2.75, 3.05) is 33.4 Å². The molecule has 0 spiro atoms. The molecule has 7 nitrogen and oxygen atoms in total. The third-order valence-electron chi connectivity index (χ3n) is 6.28. The lowest BCUT2D eigenvalue weighted by atomic mass is 9.92. The van der Waals surface area contributed by atoms with E-state index in [0.29, 0.717) is 24.8 Å². The molecule has 0 bridgehead atoms. The normalized spacial score (nSPS) is 15.0. The summed E-state index contributed by atoms with van der Waals surface area (Å²) in [6.07, 6.45) is 5.88. The van der Waals surface area contributed by atoms with Crippen LogP contribution in [0.1, 0.15) is 62.5 Å². The smallest absolute Gasteiger partial charge is 0.358 e. The van der Waals surface area contributed by atoms with E-state index in [-0.39, 0.29) is 5.97 Å². The molecule has 0 atom stereocenters. The molecule has 7 heteroatoms. The number of hydrogen-bond donors (Lipinski definition) is 0. The number of piperidine rings is 1. The third-order valence-corrected chi connectivity index (χ3v) is 6.28. The highest BCUT2D eigenvalue weighted by molar-refractivity contribution is 5.96. The summed E-state index contributed by atoms with van der Waals surface area (Å²) in [7, 11) is 1.43. The summed E-state index contributed by atoms with van der Waals surface area (Å²) in [5, 5.41) is 0. The van der Waals surface area contributed by atoms with E-state index < -0.39 is 11.6 Å². The van der Waals surface area contributed by atoms with Crippen LogP contribution in [0.25, 0.3) is 11.1 Å². The molecule has 2 heterocycles. The Morgan fingerprint density at radius 3 is 2.49 bits per heavy atom. The molecule has 0 N–H and O–H groups in total. The van der Waals surface area contributed by atoms with Gasteiger partial charge < -0.3 is 14.2 Å². The van der Waals surface area contributed by atoms with Crippen LogP contribution in [0.2, 0.25) is 0 Å². The second kappa shape index (κ2) is 12.2. The van der Waals surface area contributed by atoms with Gasteiger partial charge in [0, 0.05) is 11.8 Å². The predicted molar refractivity (Wildman–Crippen MR) is 135 cm³/mol. The minimum Gasteiger partial charge on any atom is -0.493 e. The molecule has 1 fully saturated rings. The fraction of sp³-hybridized carbons (Fsp3) is 0.536. The summed E-state index contributed by atoms with van der Waals surface area (Å²) >= 11 is 0.